The normalized spacial score (nSPS) is 10.7. The number of para-hydroxylation sites is 1. The summed E-state index contributed by atoms with van der Waals surface area (Å²) in [4.78, 5) is 23.2. The summed E-state index contributed by atoms with van der Waals surface area (Å²) in [7, 11) is 1.78. The highest BCUT2D eigenvalue weighted by molar-refractivity contribution is 5.93. The van der Waals surface area contributed by atoms with Gasteiger partial charge in [0.1, 0.15) is 12.1 Å². The monoisotopic (exact) mass is 284 g/mol. The predicted molar refractivity (Wildman–Crippen MR) is 74.8 cm³/mol. The van der Waals surface area contributed by atoms with Crippen LogP contribution in [0.25, 0.3) is 10.9 Å². The zero-order chi connectivity index (χ0) is 14.8. The van der Waals surface area contributed by atoms with E-state index in [0.29, 0.717) is 23.7 Å². The number of aromatic carboxylic acids is 1. The van der Waals surface area contributed by atoms with Crippen molar-refractivity contribution in [3.05, 3.63) is 42.2 Å². The van der Waals surface area contributed by atoms with Gasteiger partial charge in [0, 0.05) is 12.4 Å². The number of carbonyl (C=O) groups is 1. The minimum absolute atomic E-state index is 0.245. The van der Waals surface area contributed by atoms with Crippen LogP contribution >= 0.6 is 0 Å². The standard InChI is InChI=1S/C13H12N6O2/c1-19-7-15-10(18-19)6-14-11-8-4-2-3-5-9(8)16-12(17-11)13(20)21/h2-5,7H,6H2,1H3,(H,20,21)(H,14,16,17). The van der Waals surface area contributed by atoms with E-state index in [1.807, 2.05) is 12.1 Å². The molecule has 0 saturated carbocycles. The van der Waals surface area contributed by atoms with Crippen LogP contribution in [-0.4, -0.2) is 35.8 Å². The van der Waals surface area contributed by atoms with Crippen LogP contribution < -0.4 is 5.32 Å². The molecule has 0 atom stereocenters. The summed E-state index contributed by atoms with van der Waals surface area (Å²) in [5.41, 5.74) is 0.571. The quantitative estimate of drug-likeness (QED) is 0.738. The van der Waals surface area contributed by atoms with Crippen molar-refractivity contribution in [1.82, 2.24) is 24.7 Å². The Bertz CT molecular complexity index is 813. The molecule has 2 N–H and O–H groups in total. The molecular weight excluding hydrogens is 272 g/mol. The van der Waals surface area contributed by atoms with Crippen molar-refractivity contribution in [3.63, 3.8) is 0 Å². The first-order valence-corrected chi connectivity index (χ1v) is 6.22. The van der Waals surface area contributed by atoms with Crippen molar-refractivity contribution in [1.29, 1.82) is 0 Å². The average Bonchev–Trinajstić information content (AvgIpc) is 2.90. The highest BCUT2D eigenvalue weighted by Gasteiger charge is 2.12. The number of anilines is 1. The van der Waals surface area contributed by atoms with Gasteiger partial charge in [0.05, 0.1) is 12.1 Å². The fourth-order valence-corrected chi connectivity index (χ4v) is 1.93. The van der Waals surface area contributed by atoms with Gasteiger partial charge in [0.2, 0.25) is 5.82 Å². The van der Waals surface area contributed by atoms with E-state index in [0.717, 1.165) is 5.39 Å². The lowest BCUT2D eigenvalue weighted by molar-refractivity contribution is 0.0684. The van der Waals surface area contributed by atoms with Gasteiger partial charge < -0.3 is 10.4 Å². The van der Waals surface area contributed by atoms with Gasteiger partial charge in [0.15, 0.2) is 5.82 Å². The van der Waals surface area contributed by atoms with Crippen LogP contribution in [0.15, 0.2) is 30.6 Å². The molecule has 2 aromatic heterocycles. The molecule has 106 valence electrons. The number of carboxylic acid groups (broad SMARTS) is 1. The van der Waals surface area contributed by atoms with Crippen LogP contribution in [0.2, 0.25) is 0 Å². The van der Waals surface area contributed by atoms with Crippen molar-refractivity contribution >= 4 is 22.7 Å². The molecule has 0 spiro atoms. The van der Waals surface area contributed by atoms with Crippen molar-refractivity contribution in [2.24, 2.45) is 7.05 Å². The van der Waals surface area contributed by atoms with Crippen molar-refractivity contribution in [3.8, 4) is 0 Å². The fourth-order valence-electron chi connectivity index (χ4n) is 1.93. The number of fused-ring (bicyclic) bond motifs is 1. The molecule has 8 heteroatoms. The lowest BCUT2D eigenvalue weighted by Gasteiger charge is -2.08. The van der Waals surface area contributed by atoms with Gasteiger partial charge in [-0.15, -0.1) is 0 Å². The Morgan fingerprint density at radius 3 is 2.86 bits per heavy atom. The van der Waals surface area contributed by atoms with Gasteiger partial charge in [-0.2, -0.15) is 5.10 Å². The van der Waals surface area contributed by atoms with E-state index < -0.39 is 5.97 Å². The minimum Gasteiger partial charge on any atom is -0.475 e. The molecule has 3 rings (SSSR count). The van der Waals surface area contributed by atoms with E-state index in [1.165, 1.54) is 0 Å². The molecule has 0 radical (unpaired) electrons. The molecule has 0 aliphatic rings. The molecule has 0 fully saturated rings. The maximum absolute atomic E-state index is 11.1. The molecule has 0 unspecified atom stereocenters. The topological polar surface area (TPSA) is 106 Å². The van der Waals surface area contributed by atoms with E-state index in [-0.39, 0.29) is 5.82 Å². The molecule has 8 nitrogen and oxygen atoms in total. The lowest BCUT2D eigenvalue weighted by atomic mass is 10.2. The molecule has 2 heterocycles. The number of nitrogens with zero attached hydrogens (tertiary/aromatic N) is 5. The average molecular weight is 284 g/mol. The van der Waals surface area contributed by atoms with E-state index >= 15 is 0 Å². The van der Waals surface area contributed by atoms with Crippen LogP contribution in [0.3, 0.4) is 0 Å². The molecule has 0 saturated heterocycles. The Morgan fingerprint density at radius 1 is 1.33 bits per heavy atom. The third kappa shape index (κ3) is 2.64. The van der Waals surface area contributed by atoms with Crippen LogP contribution in [0.5, 0.6) is 0 Å². The number of aromatic nitrogens is 5. The van der Waals surface area contributed by atoms with Gasteiger partial charge in [-0.25, -0.2) is 19.7 Å². The SMILES string of the molecule is Cn1cnc(CNc2nc(C(=O)O)nc3ccccc23)n1. The Morgan fingerprint density at radius 2 is 2.14 bits per heavy atom. The Labute approximate surface area is 119 Å². The van der Waals surface area contributed by atoms with Crippen LogP contribution in [0, 0.1) is 0 Å². The Hall–Kier alpha value is -3.03. The molecule has 0 amide bonds. The van der Waals surface area contributed by atoms with Gasteiger partial charge in [-0.1, -0.05) is 12.1 Å². The number of hydrogen-bond donors (Lipinski definition) is 2. The van der Waals surface area contributed by atoms with Crippen LogP contribution in [0.4, 0.5) is 5.82 Å². The number of rotatable bonds is 4. The maximum Gasteiger partial charge on any atom is 0.374 e. The van der Waals surface area contributed by atoms with E-state index in [1.54, 1.807) is 30.2 Å². The minimum atomic E-state index is -1.17. The van der Waals surface area contributed by atoms with Crippen molar-refractivity contribution in [2.75, 3.05) is 5.32 Å². The second-order valence-corrected chi connectivity index (χ2v) is 4.41. The highest BCUT2D eigenvalue weighted by Crippen LogP contribution is 2.20. The Balaban J connectivity index is 1.97. The molecule has 0 aliphatic heterocycles. The van der Waals surface area contributed by atoms with Crippen molar-refractivity contribution < 1.29 is 9.90 Å². The van der Waals surface area contributed by atoms with Crippen molar-refractivity contribution in [2.45, 2.75) is 6.54 Å². The van der Waals surface area contributed by atoms with E-state index in [9.17, 15) is 4.79 Å². The molecule has 21 heavy (non-hydrogen) atoms. The molecule has 0 bridgehead atoms. The number of aryl methyl sites for hydroxylation is 1. The summed E-state index contributed by atoms with van der Waals surface area (Å²) < 4.78 is 1.60. The van der Waals surface area contributed by atoms with E-state index in [4.69, 9.17) is 5.11 Å². The number of carboxylic acids is 1. The van der Waals surface area contributed by atoms with Crippen LogP contribution in [0.1, 0.15) is 16.4 Å². The summed E-state index contributed by atoms with van der Waals surface area (Å²) in [5, 5.41) is 17.0. The summed E-state index contributed by atoms with van der Waals surface area (Å²) in [6.45, 7) is 0.348. The maximum atomic E-state index is 11.1. The second-order valence-electron chi connectivity index (χ2n) is 4.41. The molecular formula is C13H12N6O2. The zero-order valence-corrected chi connectivity index (χ0v) is 11.2. The first kappa shape index (κ1) is 13.0. The number of nitrogens with one attached hydrogen (secondary N) is 1. The van der Waals surface area contributed by atoms with E-state index in [2.05, 4.69) is 25.4 Å². The summed E-state index contributed by atoms with van der Waals surface area (Å²) in [5.74, 6) is -0.368. The first-order valence-electron chi connectivity index (χ1n) is 6.22. The van der Waals surface area contributed by atoms with Gasteiger partial charge >= 0.3 is 5.97 Å². The van der Waals surface area contributed by atoms with Crippen LogP contribution in [-0.2, 0) is 13.6 Å². The highest BCUT2D eigenvalue weighted by atomic mass is 16.4. The van der Waals surface area contributed by atoms with Gasteiger partial charge in [-0.05, 0) is 12.1 Å². The smallest absolute Gasteiger partial charge is 0.374 e. The summed E-state index contributed by atoms with van der Waals surface area (Å²) >= 11 is 0. The summed E-state index contributed by atoms with van der Waals surface area (Å²) in [6, 6.07) is 7.21. The molecule has 3 aromatic rings. The Kier molecular flexibility index (Phi) is 3.19. The number of hydrogen-bond acceptors (Lipinski definition) is 6. The number of benzene rings is 1. The lowest BCUT2D eigenvalue weighted by Crippen LogP contribution is -2.10. The van der Waals surface area contributed by atoms with Gasteiger partial charge in [-0.3, -0.25) is 4.68 Å². The van der Waals surface area contributed by atoms with Gasteiger partial charge in [0.25, 0.3) is 0 Å². The molecule has 0 aliphatic carbocycles. The molecule has 1 aromatic carbocycles. The second kappa shape index (κ2) is 5.16. The zero-order valence-electron chi connectivity index (χ0n) is 11.2. The predicted octanol–water partition coefficient (Wildman–Crippen LogP) is 1.07. The largest absolute Gasteiger partial charge is 0.475 e. The first-order chi connectivity index (χ1) is 10.1. The third-order valence-corrected chi connectivity index (χ3v) is 2.86. The fraction of sp³-hybridized carbons (Fsp3) is 0.154. The summed E-state index contributed by atoms with van der Waals surface area (Å²) in [6.07, 6.45) is 1.60. The third-order valence-electron chi connectivity index (χ3n) is 2.86.